The number of amides is 2. The van der Waals surface area contributed by atoms with Crippen LogP contribution in [0.1, 0.15) is 31.8 Å². The van der Waals surface area contributed by atoms with Crippen molar-refractivity contribution < 1.29 is 23.9 Å². The van der Waals surface area contributed by atoms with E-state index in [4.69, 9.17) is 9.47 Å². The van der Waals surface area contributed by atoms with E-state index >= 15 is 0 Å². The second-order valence-electron chi connectivity index (χ2n) is 6.84. The Bertz CT molecular complexity index is 889. The van der Waals surface area contributed by atoms with Crippen molar-refractivity contribution in [2.75, 3.05) is 33.3 Å². The molecule has 0 spiro atoms. The molecule has 1 aliphatic heterocycles. The predicted molar refractivity (Wildman–Crippen MR) is 107 cm³/mol. The van der Waals surface area contributed by atoms with Crippen molar-refractivity contribution in [2.24, 2.45) is 0 Å². The van der Waals surface area contributed by atoms with Crippen LogP contribution in [-0.4, -0.2) is 61.1 Å². The fourth-order valence-electron chi connectivity index (χ4n) is 3.22. The minimum atomic E-state index is -0.435. The van der Waals surface area contributed by atoms with E-state index in [0.29, 0.717) is 42.9 Å². The Balaban J connectivity index is 1.54. The van der Waals surface area contributed by atoms with Crippen LogP contribution in [-0.2, 0) is 16.1 Å². The summed E-state index contributed by atoms with van der Waals surface area (Å²) < 4.78 is 10.1. The monoisotopic (exact) mass is 396 g/mol. The minimum Gasteiger partial charge on any atom is -0.465 e. The van der Waals surface area contributed by atoms with E-state index in [9.17, 15) is 14.4 Å². The molecule has 0 aliphatic carbocycles. The molecule has 29 heavy (non-hydrogen) atoms. The fraction of sp³-hybridized carbons (Fsp3) is 0.318. The number of hydrogen-bond acceptors (Lipinski definition) is 5. The lowest BCUT2D eigenvalue weighted by atomic mass is 10.0. The first-order valence-electron chi connectivity index (χ1n) is 9.43. The van der Waals surface area contributed by atoms with Gasteiger partial charge in [-0.1, -0.05) is 30.3 Å². The molecular formula is C22H24N2O5. The number of piperazine rings is 1. The number of benzene rings is 2. The van der Waals surface area contributed by atoms with Gasteiger partial charge in [0, 0.05) is 31.7 Å². The molecule has 2 aromatic carbocycles. The number of esters is 1. The molecule has 1 aliphatic rings. The summed E-state index contributed by atoms with van der Waals surface area (Å²) in [6, 6.07) is 14.4. The maximum atomic E-state index is 12.8. The molecule has 0 radical (unpaired) electrons. The van der Waals surface area contributed by atoms with Crippen molar-refractivity contribution in [1.29, 1.82) is 0 Å². The van der Waals surface area contributed by atoms with Gasteiger partial charge in [0.05, 0.1) is 12.7 Å². The van der Waals surface area contributed by atoms with Crippen LogP contribution in [0.2, 0.25) is 0 Å². The maximum Gasteiger partial charge on any atom is 0.410 e. The predicted octanol–water partition coefficient (Wildman–Crippen LogP) is 2.88. The van der Waals surface area contributed by atoms with E-state index < -0.39 is 5.97 Å². The summed E-state index contributed by atoms with van der Waals surface area (Å²) in [4.78, 5) is 40.0. The highest BCUT2D eigenvalue weighted by atomic mass is 16.6. The van der Waals surface area contributed by atoms with E-state index in [0.717, 1.165) is 5.56 Å². The maximum absolute atomic E-state index is 12.8. The average molecular weight is 396 g/mol. The van der Waals surface area contributed by atoms with E-state index in [1.165, 1.54) is 7.11 Å². The van der Waals surface area contributed by atoms with Gasteiger partial charge in [-0.3, -0.25) is 4.79 Å². The lowest BCUT2D eigenvalue weighted by molar-refractivity contribution is 0.0542. The zero-order valence-electron chi connectivity index (χ0n) is 16.6. The van der Waals surface area contributed by atoms with Crippen molar-refractivity contribution in [2.45, 2.75) is 13.5 Å². The molecule has 0 aromatic heterocycles. The Labute approximate surface area is 169 Å². The molecule has 0 bridgehead atoms. The van der Waals surface area contributed by atoms with Gasteiger partial charge in [-0.2, -0.15) is 0 Å². The summed E-state index contributed by atoms with van der Waals surface area (Å²) in [6.07, 6.45) is -0.375. The molecule has 7 nitrogen and oxygen atoms in total. The van der Waals surface area contributed by atoms with Crippen molar-refractivity contribution in [3.63, 3.8) is 0 Å². The number of rotatable bonds is 4. The summed E-state index contributed by atoms with van der Waals surface area (Å²) in [7, 11) is 1.32. The third-order valence-corrected chi connectivity index (χ3v) is 4.91. The topological polar surface area (TPSA) is 76.2 Å². The molecule has 0 N–H and O–H groups in total. The van der Waals surface area contributed by atoms with Crippen LogP contribution in [0, 0.1) is 6.92 Å². The lowest BCUT2D eigenvalue weighted by Crippen LogP contribution is -2.50. The van der Waals surface area contributed by atoms with Crippen LogP contribution >= 0.6 is 0 Å². The smallest absolute Gasteiger partial charge is 0.410 e. The molecule has 2 amide bonds. The Morgan fingerprint density at radius 3 is 2.21 bits per heavy atom. The highest BCUT2D eigenvalue weighted by molar-refractivity contribution is 5.97. The van der Waals surface area contributed by atoms with Crippen LogP contribution in [0.25, 0.3) is 0 Å². The van der Waals surface area contributed by atoms with Crippen LogP contribution < -0.4 is 0 Å². The van der Waals surface area contributed by atoms with Crippen LogP contribution in [0.5, 0.6) is 0 Å². The summed E-state index contributed by atoms with van der Waals surface area (Å²) in [5, 5.41) is 0. The number of hydrogen-bond donors (Lipinski definition) is 0. The number of nitrogens with zero attached hydrogens (tertiary/aromatic N) is 2. The molecule has 3 rings (SSSR count). The van der Waals surface area contributed by atoms with Crippen molar-refractivity contribution in [3.8, 4) is 0 Å². The molecule has 0 saturated carbocycles. The van der Waals surface area contributed by atoms with E-state index in [1.807, 2.05) is 30.3 Å². The zero-order chi connectivity index (χ0) is 20.8. The highest BCUT2D eigenvalue weighted by Gasteiger charge is 2.26. The van der Waals surface area contributed by atoms with Gasteiger partial charge in [0.15, 0.2) is 0 Å². The van der Waals surface area contributed by atoms with E-state index in [1.54, 1.807) is 34.9 Å². The summed E-state index contributed by atoms with van der Waals surface area (Å²) in [5.74, 6) is -0.550. The molecule has 7 heteroatoms. The minimum absolute atomic E-state index is 0.115. The standard InChI is InChI=1S/C22H24N2O5/c1-16-14-18(21(26)28-2)8-9-19(16)20(25)23-10-12-24(13-11-23)22(27)29-15-17-6-4-3-5-7-17/h3-9,14H,10-13,15H2,1-2H3. The Hall–Kier alpha value is -3.35. The largest absolute Gasteiger partial charge is 0.465 e. The first-order valence-corrected chi connectivity index (χ1v) is 9.43. The summed E-state index contributed by atoms with van der Waals surface area (Å²) in [5.41, 5.74) is 2.59. The number of ether oxygens (including phenoxy) is 2. The summed E-state index contributed by atoms with van der Waals surface area (Å²) >= 11 is 0. The normalized spacial score (nSPS) is 13.7. The first-order chi connectivity index (χ1) is 14.0. The third-order valence-electron chi connectivity index (χ3n) is 4.91. The van der Waals surface area contributed by atoms with Gasteiger partial charge >= 0.3 is 12.1 Å². The van der Waals surface area contributed by atoms with Crippen LogP contribution in [0.4, 0.5) is 4.79 Å². The summed E-state index contributed by atoms with van der Waals surface area (Å²) in [6.45, 7) is 3.70. The zero-order valence-corrected chi connectivity index (χ0v) is 16.6. The van der Waals surface area contributed by atoms with Crippen LogP contribution in [0.15, 0.2) is 48.5 Å². The SMILES string of the molecule is COC(=O)c1ccc(C(=O)N2CCN(C(=O)OCc3ccccc3)CC2)c(C)c1. The van der Waals surface area contributed by atoms with Gasteiger partial charge < -0.3 is 19.3 Å². The van der Waals surface area contributed by atoms with Gasteiger partial charge in [0.2, 0.25) is 0 Å². The Morgan fingerprint density at radius 1 is 0.931 bits per heavy atom. The molecular weight excluding hydrogens is 372 g/mol. The number of carbonyl (C=O) groups is 3. The van der Waals surface area contributed by atoms with Crippen molar-refractivity contribution in [3.05, 3.63) is 70.8 Å². The fourth-order valence-corrected chi connectivity index (χ4v) is 3.22. The van der Waals surface area contributed by atoms with Gasteiger partial charge in [0.1, 0.15) is 6.61 Å². The second-order valence-corrected chi connectivity index (χ2v) is 6.84. The highest BCUT2D eigenvalue weighted by Crippen LogP contribution is 2.16. The Morgan fingerprint density at radius 2 is 1.59 bits per heavy atom. The first kappa shape index (κ1) is 20.4. The second kappa shape index (κ2) is 9.23. The van der Waals surface area contributed by atoms with Gasteiger partial charge in [-0.15, -0.1) is 0 Å². The molecule has 1 fully saturated rings. The van der Waals surface area contributed by atoms with Crippen molar-refractivity contribution >= 4 is 18.0 Å². The molecule has 1 saturated heterocycles. The van der Waals surface area contributed by atoms with Crippen molar-refractivity contribution in [1.82, 2.24) is 9.80 Å². The van der Waals surface area contributed by atoms with Gasteiger partial charge in [-0.25, -0.2) is 9.59 Å². The van der Waals surface area contributed by atoms with Crippen LogP contribution in [0.3, 0.4) is 0 Å². The molecule has 152 valence electrons. The molecule has 0 unspecified atom stereocenters. The van der Waals surface area contributed by atoms with Gasteiger partial charge in [0.25, 0.3) is 5.91 Å². The van der Waals surface area contributed by atoms with E-state index in [-0.39, 0.29) is 18.6 Å². The quantitative estimate of drug-likeness (QED) is 0.743. The molecule has 2 aromatic rings. The Kier molecular flexibility index (Phi) is 6.49. The average Bonchev–Trinajstić information content (AvgIpc) is 2.77. The third kappa shape index (κ3) is 4.93. The number of methoxy groups -OCH3 is 1. The lowest BCUT2D eigenvalue weighted by Gasteiger charge is -2.34. The van der Waals surface area contributed by atoms with E-state index in [2.05, 4.69) is 0 Å². The number of carbonyl (C=O) groups excluding carboxylic acids is 3. The molecule has 0 atom stereocenters. The number of aryl methyl sites for hydroxylation is 1. The molecule has 1 heterocycles. The van der Waals surface area contributed by atoms with Gasteiger partial charge in [-0.05, 0) is 36.2 Å².